The molecule has 0 saturated heterocycles. The third-order valence-corrected chi connectivity index (χ3v) is 3.32. The molecule has 5 heteroatoms. The fraction of sp³-hybridized carbons (Fsp3) is 0.267. The van der Waals surface area contributed by atoms with Gasteiger partial charge in [0.1, 0.15) is 12.4 Å². The van der Waals surface area contributed by atoms with Crippen molar-refractivity contribution < 1.29 is 14.3 Å². The van der Waals surface area contributed by atoms with Gasteiger partial charge in [0.05, 0.1) is 29.8 Å². The maximum Gasteiger partial charge on any atom is 0.152 e. The fourth-order valence-corrected chi connectivity index (χ4v) is 2.29. The second kappa shape index (κ2) is 5.28. The van der Waals surface area contributed by atoms with Crippen LogP contribution in [0.1, 0.15) is 23.0 Å². The average Bonchev–Trinajstić information content (AvgIpc) is 2.70. The SMILES string of the molecule is C=C(C)OCc1c(C=O)c2c(N)c(OC)ccc2n1C. The normalized spacial score (nSPS) is 10.6. The number of hydrogen-bond donors (Lipinski definition) is 1. The molecule has 0 amide bonds. The number of carbonyl (C=O) groups excluding carboxylic acids is 1. The number of aromatic nitrogens is 1. The summed E-state index contributed by atoms with van der Waals surface area (Å²) in [5.41, 5.74) is 8.71. The smallest absolute Gasteiger partial charge is 0.152 e. The number of fused-ring (bicyclic) bond motifs is 1. The van der Waals surface area contributed by atoms with Gasteiger partial charge in [-0.2, -0.15) is 0 Å². The minimum absolute atomic E-state index is 0.274. The third kappa shape index (κ3) is 2.11. The molecule has 20 heavy (non-hydrogen) atoms. The van der Waals surface area contributed by atoms with Crippen molar-refractivity contribution in [3.63, 3.8) is 0 Å². The Morgan fingerprint density at radius 1 is 1.50 bits per heavy atom. The molecule has 0 radical (unpaired) electrons. The van der Waals surface area contributed by atoms with Gasteiger partial charge < -0.3 is 19.8 Å². The number of nitrogens with two attached hydrogens (primary N) is 1. The Hall–Kier alpha value is -2.43. The number of ether oxygens (including phenoxy) is 2. The van der Waals surface area contributed by atoms with Gasteiger partial charge in [-0.15, -0.1) is 0 Å². The summed E-state index contributed by atoms with van der Waals surface area (Å²) >= 11 is 0. The minimum atomic E-state index is 0.274. The molecule has 0 aliphatic carbocycles. The van der Waals surface area contributed by atoms with E-state index in [1.165, 1.54) is 0 Å². The number of methoxy groups -OCH3 is 1. The molecule has 0 spiro atoms. The predicted octanol–water partition coefficient (Wildman–Crippen LogP) is 2.63. The van der Waals surface area contributed by atoms with Gasteiger partial charge in [-0.3, -0.25) is 4.79 Å². The maximum atomic E-state index is 11.5. The van der Waals surface area contributed by atoms with E-state index in [9.17, 15) is 4.79 Å². The largest absolute Gasteiger partial charge is 0.495 e. The lowest BCUT2D eigenvalue weighted by molar-refractivity contribution is 0.111. The van der Waals surface area contributed by atoms with Gasteiger partial charge >= 0.3 is 0 Å². The molecule has 2 aromatic rings. The summed E-state index contributed by atoms with van der Waals surface area (Å²) in [7, 11) is 3.42. The van der Waals surface area contributed by atoms with Crippen LogP contribution in [0.3, 0.4) is 0 Å². The molecule has 0 unspecified atom stereocenters. The number of nitrogens with zero attached hydrogens (tertiary/aromatic N) is 1. The molecule has 1 heterocycles. The van der Waals surface area contributed by atoms with Crippen molar-refractivity contribution in [1.29, 1.82) is 0 Å². The molecule has 2 N–H and O–H groups in total. The molecule has 0 aliphatic heterocycles. The molecule has 0 saturated carbocycles. The van der Waals surface area contributed by atoms with E-state index in [0.29, 0.717) is 28.1 Å². The number of aryl methyl sites for hydroxylation is 1. The highest BCUT2D eigenvalue weighted by Gasteiger charge is 2.19. The Labute approximate surface area is 117 Å². The van der Waals surface area contributed by atoms with Crippen LogP contribution in [0.25, 0.3) is 10.9 Å². The van der Waals surface area contributed by atoms with Crippen LogP contribution in [0.15, 0.2) is 24.5 Å². The Kier molecular flexibility index (Phi) is 3.70. The van der Waals surface area contributed by atoms with Crippen molar-refractivity contribution >= 4 is 22.9 Å². The molecular weight excluding hydrogens is 256 g/mol. The summed E-state index contributed by atoms with van der Waals surface area (Å²) in [6, 6.07) is 3.66. The first kappa shape index (κ1) is 14.0. The number of anilines is 1. The molecule has 106 valence electrons. The number of hydrogen-bond acceptors (Lipinski definition) is 4. The highest BCUT2D eigenvalue weighted by atomic mass is 16.5. The second-order valence-electron chi connectivity index (χ2n) is 4.60. The second-order valence-corrected chi connectivity index (χ2v) is 4.60. The van der Waals surface area contributed by atoms with E-state index >= 15 is 0 Å². The number of aldehydes is 1. The van der Waals surface area contributed by atoms with E-state index in [1.54, 1.807) is 20.1 Å². The number of allylic oxidation sites excluding steroid dienone is 1. The van der Waals surface area contributed by atoms with Crippen molar-refractivity contribution in [3.8, 4) is 5.75 Å². The summed E-state index contributed by atoms with van der Waals surface area (Å²) in [6.45, 7) is 5.73. The number of carbonyl (C=O) groups is 1. The molecule has 5 nitrogen and oxygen atoms in total. The Bertz CT molecular complexity index is 686. The molecule has 1 aromatic carbocycles. The van der Waals surface area contributed by atoms with Crippen molar-refractivity contribution in [3.05, 3.63) is 35.7 Å². The Balaban J connectivity index is 2.70. The van der Waals surface area contributed by atoms with Crippen LogP contribution in [-0.2, 0) is 18.4 Å². The number of benzene rings is 1. The lowest BCUT2D eigenvalue weighted by Gasteiger charge is -2.07. The van der Waals surface area contributed by atoms with Gasteiger partial charge in [0, 0.05) is 18.0 Å². The van der Waals surface area contributed by atoms with E-state index in [0.717, 1.165) is 17.5 Å². The van der Waals surface area contributed by atoms with Crippen LogP contribution in [0, 0.1) is 0 Å². The van der Waals surface area contributed by atoms with E-state index < -0.39 is 0 Å². The van der Waals surface area contributed by atoms with Crippen LogP contribution in [0.4, 0.5) is 5.69 Å². The zero-order chi connectivity index (χ0) is 14.9. The minimum Gasteiger partial charge on any atom is -0.495 e. The highest BCUT2D eigenvalue weighted by molar-refractivity contribution is 6.07. The monoisotopic (exact) mass is 274 g/mol. The summed E-state index contributed by atoms with van der Waals surface area (Å²) < 4.78 is 12.5. The zero-order valence-corrected chi connectivity index (χ0v) is 11.9. The average molecular weight is 274 g/mol. The molecule has 1 aromatic heterocycles. The van der Waals surface area contributed by atoms with Gasteiger partial charge in [-0.05, 0) is 19.1 Å². The summed E-state index contributed by atoms with van der Waals surface area (Å²) in [5, 5.41) is 0.696. The van der Waals surface area contributed by atoms with E-state index in [1.807, 2.05) is 17.7 Å². The van der Waals surface area contributed by atoms with E-state index in [4.69, 9.17) is 15.2 Å². The van der Waals surface area contributed by atoms with Gasteiger partial charge in [-0.25, -0.2) is 0 Å². The molecule has 2 rings (SSSR count). The molecule has 0 bridgehead atoms. The Morgan fingerprint density at radius 3 is 2.75 bits per heavy atom. The van der Waals surface area contributed by atoms with Crippen LogP contribution < -0.4 is 10.5 Å². The van der Waals surface area contributed by atoms with Gasteiger partial charge in [0.25, 0.3) is 0 Å². The fourth-order valence-electron chi connectivity index (χ4n) is 2.29. The molecular formula is C15H18N2O3. The molecule has 0 atom stereocenters. The lowest BCUT2D eigenvalue weighted by atomic mass is 10.1. The highest BCUT2D eigenvalue weighted by Crippen LogP contribution is 2.35. The van der Waals surface area contributed by atoms with Crippen molar-refractivity contribution in [2.75, 3.05) is 12.8 Å². The quantitative estimate of drug-likeness (QED) is 0.517. The van der Waals surface area contributed by atoms with Gasteiger partial charge in [-0.1, -0.05) is 6.58 Å². The maximum absolute atomic E-state index is 11.5. The van der Waals surface area contributed by atoms with Gasteiger partial charge in [0.15, 0.2) is 6.29 Å². The standard InChI is InChI=1S/C15H18N2O3/c1-9(2)20-8-12-10(7-18)14-11(17(12)3)5-6-13(19-4)15(14)16/h5-7H,1,8,16H2,2-4H3. The summed E-state index contributed by atoms with van der Waals surface area (Å²) in [4.78, 5) is 11.5. The lowest BCUT2D eigenvalue weighted by Crippen LogP contribution is -2.01. The predicted molar refractivity (Wildman–Crippen MR) is 78.9 cm³/mol. The van der Waals surface area contributed by atoms with Crippen LogP contribution in [0.5, 0.6) is 5.75 Å². The van der Waals surface area contributed by atoms with Gasteiger partial charge in [0.2, 0.25) is 0 Å². The topological polar surface area (TPSA) is 66.5 Å². The Morgan fingerprint density at radius 2 is 2.20 bits per heavy atom. The first-order valence-electron chi connectivity index (χ1n) is 6.18. The first-order valence-corrected chi connectivity index (χ1v) is 6.18. The van der Waals surface area contributed by atoms with Crippen molar-refractivity contribution in [2.24, 2.45) is 7.05 Å². The van der Waals surface area contributed by atoms with E-state index in [-0.39, 0.29) is 6.61 Å². The number of rotatable bonds is 5. The van der Waals surface area contributed by atoms with E-state index in [2.05, 4.69) is 6.58 Å². The zero-order valence-electron chi connectivity index (χ0n) is 11.9. The molecule has 0 fully saturated rings. The van der Waals surface area contributed by atoms with Crippen LogP contribution in [0.2, 0.25) is 0 Å². The van der Waals surface area contributed by atoms with Crippen LogP contribution in [-0.4, -0.2) is 18.0 Å². The van der Waals surface area contributed by atoms with Crippen LogP contribution >= 0.6 is 0 Å². The van der Waals surface area contributed by atoms with Crippen molar-refractivity contribution in [1.82, 2.24) is 4.57 Å². The first-order chi connectivity index (χ1) is 9.51. The third-order valence-electron chi connectivity index (χ3n) is 3.32. The molecule has 0 aliphatic rings. The summed E-state index contributed by atoms with van der Waals surface area (Å²) in [5.74, 6) is 1.15. The van der Waals surface area contributed by atoms with Crippen molar-refractivity contribution in [2.45, 2.75) is 13.5 Å². The number of nitrogen functional groups attached to an aromatic ring is 1. The summed E-state index contributed by atoms with van der Waals surface area (Å²) in [6.07, 6.45) is 0.801.